The molecule has 1 aliphatic rings. The van der Waals surface area contributed by atoms with Crippen molar-refractivity contribution in [2.75, 3.05) is 18.4 Å². The molecule has 7 nitrogen and oxygen atoms in total. The van der Waals surface area contributed by atoms with Crippen LogP contribution in [0.2, 0.25) is 0 Å². The summed E-state index contributed by atoms with van der Waals surface area (Å²) in [4.78, 5) is 21.3. The number of nitrogens with one attached hydrogen (secondary N) is 2. The van der Waals surface area contributed by atoms with Crippen LogP contribution in [0.1, 0.15) is 24.1 Å². The predicted octanol–water partition coefficient (Wildman–Crippen LogP) is 4.65. The number of benzene rings is 2. The van der Waals surface area contributed by atoms with Gasteiger partial charge in [-0.3, -0.25) is 4.79 Å². The minimum absolute atomic E-state index is 0.120. The number of fused-ring (bicyclic) bond motifs is 1. The summed E-state index contributed by atoms with van der Waals surface area (Å²) < 4.78 is 27.5. The van der Waals surface area contributed by atoms with Crippen molar-refractivity contribution >= 4 is 44.0 Å². The summed E-state index contributed by atoms with van der Waals surface area (Å²) >= 11 is 1.17. The van der Waals surface area contributed by atoms with E-state index >= 15 is 0 Å². The first-order valence-corrected chi connectivity index (χ1v) is 13.2. The largest absolute Gasteiger partial charge is 0.338 e. The molecule has 0 unspecified atom stereocenters. The molecule has 0 aliphatic carbocycles. The number of amides is 1. The Hall–Kier alpha value is -3.01. The number of carbonyl (C=O) groups excluding carboxylic acids is 1. The summed E-state index contributed by atoms with van der Waals surface area (Å²) in [6, 6.07) is 18.6. The first-order valence-electron chi connectivity index (χ1n) is 10.9. The van der Waals surface area contributed by atoms with Crippen LogP contribution in [-0.4, -0.2) is 41.7 Å². The van der Waals surface area contributed by atoms with Crippen molar-refractivity contribution in [1.82, 2.24) is 14.3 Å². The molecule has 170 valence electrons. The smallest absolute Gasteiger partial charge is 0.252 e. The molecule has 3 heterocycles. The zero-order chi connectivity index (χ0) is 22.8. The maximum Gasteiger partial charge on any atom is 0.252 e. The van der Waals surface area contributed by atoms with Gasteiger partial charge in [-0.2, -0.15) is 4.31 Å². The standard InChI is InChI=1S/C24H24N4O3S2/c29-22(16-19-11-12-23(32-19)33(30,31)28-13-4-1-5-14-28)25-18-8-6-7-17(15-18)24-26-20-9-2-3-10-21(20)27-24/h2-3,6-12,15H,1,4-5,13-14,16H2,(H,25,29)(H,26,27). The lowest BCUT2D eigenvalue weighted by atomic mass is 10.2. The number of sulfonamides is 1. The van der Waals surface area contributed by atoms with Crippen LogP contribution in [0.15, 0.2) is 64.9 Å². The second-order valence-corrected chi connectivity index (χ2v) is 11.4. The molecule has 0 radical (unpaired) electrons. The molecule has 0 bridgehead atoms. The van der Waals surface area contributed by atoms with Gasteiger partial charge in [0.05, 0.1) is 17.5 Å². The molecule has 0 saturated carbocycles. The molecule has 1 amide bonds. The molecule has 1 aliphatic heterocycles. The SMILES string of the molecule is O=C(Cc1ccc(S(=O)(=O)N2CCCCC2)s1)Nc1cccc(-c2nc3ccccc3[nH]2)c1. The third-order valence-corrected chi connectivity index (χ3v) is 9.14. The van der Waals surface area contributed by atoms with Gasteiger partial charge in [0, 0.05) is 29.2 Å². The summed E-state index contributed by atoms with van der Waals surface area (Å²) in [7, 11) is -3.47. The van der Waals surface area contributed by atoms with Crippen molar-refractivity contribution in [3.63, 3.8) is 0 Å². The van der Waals surface area contributed by atoms with Crippen molar-refractivity contribution < 1.29 is 13.2 Å². The van der Waals surface area contributed by atoms with E-state index in [0.29, 0.717) is 23.0 Å². The highest BCUT2D eigenvalue weighted by atomic mass is 32.2. The topological polar surface area (TPSA) is 95.2 Å². The molecular weight excluding hydrogens is 456 g/mol. The highest BCUT2D eigenvalue weighted by Crippen LogP contribution is 2.28. The van der Waals surface area contributed by atoms with Gasteiger partial charge >= 0.3 is 0 Å². The molecular formula is C24H24N4O3S2. The molecule has 0 atom stereocenters. The van der Waals surface area contributed by atoms with Gasteiger partial charge in [-0.1, -0.05) is 30.7 Å². The van der Waals surface area contributed by atoms with E-state index in [0.717, 1.165) is 46.6 Å². The zero-order valence-corrected chi connectivity index (χ0v) is 19.6. The Bertz CT molecular complexity index is 1370. The number of carbonyl (C=O) groups is 1. The lowest BCUT2D eigenvalue weighted by Gasteiger charge is -2.25. The van der Waals surface area contributed by atoms with Crippen molar-refractivity contribution in [2.24, 2.45) is 0 Å². The Morgan fingerprint density at radius 3 is 2.67 bits per heavy atom. The normalized spacial score (nSPS) is 15.0. The molecule has 0 spiro atoms. The Balaban J connectivity index is 1.27. The van der Waals surface area contributed by atoms with E-state index in [2.05, 4.69) is 15.3 Å². The Morgan fingerprint density at radius 1 is 1.03 bits per heavy atom. The number of rotatable bonds is 6. The summed E-state index contributed by atoms with van der Waals surface area (Å²) in [6.45, 7) is 1.13. The van der Waals surface area contributed by atoms with Gasteiger partial charge in [0.2, 0.25) is 5.91 Å². The summed E-state index contributed by atoms with van der Waals surface area (Å²) in [5.41, 5.74) is 3.37. The van der Waals surface area contributed by atoms with E-state index in [1.807, 2.05) is 48.5 Å². The van der Waals surface area contributed by atoms with Crippen LogP contribution in [0.3, 0.4) is 0 Å². The summed E-state index contributed by atoms with van der Waals surface area (Å²) in [5, 5.41) is 2.91. The number of hydrogen-bond acceptors (Lipinski definition) is 5. The fourth-order valence-electron chi connectivity index (χ4n) is 4.02. The fraction of sp³-hybridized carbons (Fsp3) is 0.250. The summed E-state index contributed by atoms with van der Waals surface area (Å²) in [5.74, 6) is 0.540. The Morgan fingerprint density at radius 2 is 1.85 bits per heavy atom. The van der Waals surface area contributed by atoms with Gasteiger partial charge in [-0.15, -0.1) is 11.3 Å². The van der Waals surface area contributed by atoms with E-state index in [1.165, 1.54) is 11.3 Å². The fourth-order valence-corrected chi connectivity index (χ4v) is 7.05. The number of H-pyrrole nitrogens is 1. The molecule has 5 rings (SSSR count). The van der Waals surface area contributed by atoms with Crippen LogP contribution in [0.25, 0.3) is 22.4 Å². The number of thiophene rings is 1. The zero-order valence-electron chi connectivity index (χ0n) is 18.0. The predicted molar refractivity (Wildman–Crippen MR) is 131 cm³/mol. The molecule has 1 saturated heterocycles. The van der Waals surface area contributed by atoms with Crippen LogP contribution in [-0.2, 0) is 21.2 Å². The maximum atomic E-state index is 12.8. The molecule has 4 aromatic rings. The third kappa shape index (κ3) is 4.71. The van der Waals surface area contributed by atoms with Gasteiger partial charge in [0.1, 0.15) is 10.0 Å². The second kappa shape index (κ2) is 9.09. The van der Waals surface area contributed by atoms with Crippen molar-refractivity contribution in [2.45, 2.75) is 29.9 Å². The van der Waals surface area contributed by atoms with Gasteiger partial charge < -0.3 is 10.3 Å². The lowest BCUT2D eigenvalue weighted by Crippen LogP contribution is -2.35. The van der Waals surface area contributed by atoms with Gasteiger partial charge in [0.25, 0.3) is 10.0 Å². The van der Waals surface area contributed by atoms with E-state index in [9.17, 15) is 13.2 Å². The Labute approximate surface area is 196 Å². The average Bonchev–Trinajstić information content (AvgIpc) is 3.47. The van der Waals surface area contributed by atoms with Gasteiger partial charge in [0.15, 0.2) is 0 Å². The lowest BCUT2D eigenvalue weighted by molar-refractivity contribution is -0.115. The maximum absolute atomic E-state index is 12.8. The molecule has 1 fully saturated rings. The van der Waals surface area contributed by atoms with Crippen LogP contribution in [0.5, 0.6) is 0 Å². The molecule has 33 heavy (non-hydrogen) atoms. The van der Waals surface area contributed by atoms with Crippen LogP contribution >= 0.6 is 11.3 Å². The minimum atomic E-state index is -3.47. The first kappa shape index (κ1) is 21.8. The van der Waals surface area contributed by atoms with Crippen LogP contribution in [0, 0.1) is 0 Å². The summed E-state index contributed by atoms with van der Waals surface area (Å²) in [6.07, 6.45) is 2.98. The van der Waals surface area contributed by atoms with E-state index in [1.54, 1.807) is 16.4 Å². The minimum Gasteiger partial charge on any atom is -0.338 e. The second-order valence-electron chi connectivity index (χ2n) is 8.09. The van der Waals surface area contributed by atoms with Crippen molar-refractivity contribution in [1.29, 1.82) is 0 Å². The monoisotopic (exact) mass is 480 g/mol. The van der Waals surface area contributed by atoms with E-state index in [-0.39, 0.29) is 12.3 Å². The number of imidazole rings is 1. The molecule has 2 aromatic carbocycles. The van der Waals surface area contributed by atoms with Crippen molar-refractivity contribution in [3.05, 3.63) is 65.5 Å². The number of anilines is 1. The molecule has 9 heteroatoms. The highest BCUT2D eigenvalue weighted by molar-refractivity contribution is 7.91. The number of aromatic nitrogens is 2. The average molecular weight is 481 g/mol. The van der Waals surface area contributed by atoms with Gasteiger partial charge in [-0.25, -0.2) is 13.4 Å². The molecule has 2 N–H and O–H groups in total. The number of piperidine rings is 1. The number of nitrogens with zero attached hydrogens (tertiary/aromatic N) is 2. The van der Waals surface area contributed by atoms with E-state index < -0.39 is 10.0 Å². The number of hydrogen-bond donors (Lipinski definition) is 2. The number of aromatic amines is 1. The van der Waals surface area contributed by atoms with E-state index in [4.69, 9.17) is 0 Å². The Kier molecular flexibility index (Phi) is 6.01. The highest BCUT2D eigenvalue weighted by Gasteiger charge is 2.27. The molecule has 2 aromatic heterocycles. The van der Waals surface area contributed by atoms with Crippen LogP contribution < -0.4 is 5.32 Å². The quantitative estimate of drug-likeness (QED) is 0.420. The van der Waals surface area contributed by atoms with Crippen LogP contribution in [0.4, 0.5) is 5.69 Å². The van der Waals surface area contributed by atoms with Gasteiger partial charge in [-0.05, 0) is 49.2 Å². The first-order chi connectivity index (χ1) is 16.0. The number of para-hydroxylation sites is 2. The van der Waals surface area contributed by atoms with Crippen molar-refractivity contribution in [3.8, 4) is 11.4 Å². The third-order valence-electron chi connectivity index (χ3n) is 5.69.